The Kier molecular flexibility index (Phi) is 5.25. The number of hydrogen-bond acceptors (Lipinski definition) is 1. The first-order valence-electron chi connectivity index (χ1n) is 7.54. The third-order valence-corrected chi connectivity index (χ3v) is 4.24. The normalized spacial score (nSPS) is 11.3. The zero-order valence-corrected chi connectivity index (χ0v) is 14.1. The van der Waals surface area contributed by atoms with Crippen LogP contribution in [-0.4, -0.2) is 17.4 Å². The lowest BCUT2D eigenvalue weighted by atomic mass is 9.83. The minimum Gasteiger partial charge on any atom is -0.338 e. The molecule has 0 heterocycles. The Morgan fingerprint density at radius 2 is 1.64 bits per heavy atom. The largest absolute Gasteiger partial charge is 0.338 e. The fourth-order valence-corrected chi connectivity index (χ4v) is 2.64. The summed E-state index contributed by atoms with van der Waals surface area (Å²) in [6.45, 7) is 7.26. The molecule has 0 aromatic heterocycles. The van der Waals surface area contributed by atoms with Gasteiger partial charge in [0.1, 0.15) is 0 Å². The maximum Gasteiger partial charge on any atom is 0.232 e. The highest BCUT2D eigenvalue weighted by molar-refractivity contribution is 6.30. The number of likely N-dealkylation sites (N-methyl/N-ethyl adjacent to an activating group) is 1. The van der Waals surface area contributed by atoms with E-state index in [2.05, 4.69) is 0 Å². The molecule has 3 heteroatoms. The van der Waals surface area contributed by atoms with E-state index in [4.69, 9.17) is 11.6 Å². The van der Waals surface area contributed by atoms with E-state index in [-0.39, 0.29) is 5.91 Å². The molecule has 0 spiro atoms. The topological polar surface area (TPSA) is 20.3 Å². The van der Waals surface area contributed by atoms with Gasteiger partial charge >= 0.3 is 0 Å². The third-order valence-electron chi connectivity index (χ3n) is 3.99. The van der Waals surface area contributed by atoms with Gasteiger partial charge in [-0.2, -0.15) is 0 Å². The lowest BCUT2D eigenvalue weighted by Crippen LogP contribution is -2.43. The number of rotatable bonds is 5. The van der Waals surface area contributed by atoms with Gasteiger partial charge in [-0.25, -0.2) is 0 Å². The Balaban J connectivity index is 2.21. The molecule has 0 unspecified atom stereocenters. The summed E-state index contributed by atoms with van der Waals surface area (Å²) in [7, 11) is 0. The summed E-state index contributed by atoms with van der Waals surface area (Å²) in [5.74, 6) is 0.126. The lowest BCUT2D eigenvalue weighted by Gasteiger charge is -2.32. The van der Waals surface area contributed by atoms with E-state index in [1.807, 2.05) is 80.3 Å². The van der Waals surface area contributed by atoms with Gasteiger partial charge in [-0.1, -0.05) is 54.1 Å². The second kappa shape index (κ2) is 6.97. The molecule has 1 amide bonds. The summed E-state index contributed by atoms with van der Waals surface area (Å²) < 4.78 is 0. The quantitative estimate of drug-likeness (QED) is 0.785. The standard InChI is InChI=1S/C19H22ClNO/c1-4-21(14-15-8-6-5-7-9-15)18(22)19(2,3)16-10-12-17(20)13-11-16/h5-13H,4,14H2,1-3H3. The molecular formula is C19H22ClNO. The van der Waals surface area contributed by atoms with Crippen LogP contribution in [0.3, 0.4) is 0 Å². The number of hydrogen-bond donors (Lipinski definition) is 0. The second-order valence-electron chi connectivity index (χ2n) is 5.94. The number of amides is 1. The fourth-order valence-electron chi connectivity index (χ4n) is 2.52. The average molecular weight is 316 g/mol. The maximum absolute atomic E-state index is 13.0. The van der Waals surface area contributed by atoms with E-state index in [0.29, 0.717) is 18.1 Å². The van der Waals surface area contributed by atoms with Crippen LogP contribution in [0, 0.1) is 0 Å². The summed E-state index contributed by atoms with van der Waals surface area (Å²) >= 11 is 5.94. The smallest absolute Gasteiger partial charge is 0.232 e. The molecule has 2 aromatic rings. The van der Waals surface area contributed by atoms with Gasteiger partial charge in [-0.3, -0.25) is 4.79 Å². The van der Waals surface area contributed by atoms with Crippen molar-refractivity contribution in [3.63, 3.8) is 0 Å². The van der Waals surface area contributed by atoms with E-state index in [1.54, 1.807) is 0 Å². The van der Waals surface area contributed by atoms with Gasteiger partial charge in [0.05, 0.1) is 5.41 Å². The summed E-state index contributed by atoms with van der Waals surface area (Å²) in [5, 5.41) is 0.684. The monoisotopic (exact) mass is 315 g/mol. The average Bonchev–Trinajstić information content (AvgIpc) is 2.53. The molecule has 2 aromatic carbocycles. The molecule has 0 fully saturated rings. The predicted octanol–water partition coefficient (Wildman–Crippen LogP) is 4.67. The minimum atomic E-state index is -0.574. The highest BCUT2D eigenvalue weighted by atomic mass is 35.5. The molecule has 0 aliphatic heterocycles. The molecular weight excluding hydrogens is 294 g/mol. The van der Waals surface area contributed by atoms with E-state index in [9.17, 15) is 4.79 Å². The zero-order valence-electron chi connectivity index (χ0n) is 13.3. The van der Waals surface area contributed by atoms with E-state index in [1.165, 1.54) is 0 Å². The van der Waals surface area contributed by atoms with E-state index in [0.717, 1.165) is 11.1 Å². The Labute approximate surface area is 137 Å². The van der Waals surface area contributed by atoms with Gasteiger partial charge in [0.2, 0.25) is 5.91 Å². The van der Waals surface area contributed by atoms with Crippen molar-refractivity contribution in [2.45, 2.75) is 32.7 Å². The summed E-state index contributed by atoms with van der Waals surface area (Å²) in [6, 6.07) is 17.6. The van der Waals surface area contributed by atoms with Crippen LogP contribution in [0.5, 0.6) is 0 Å². The minimum absolute atomic E-state index is 0.126. The Morgan fingerprint density at radius 3 is 2.18 bits per heavy atom. The van der Waals surface area contributed by atoms with Crippen molar-refractivity contribution in [3.05, 3.63) is 70.7 Å². The number of carbonyl (C=O) groups excluding carboxylic acids is 1. The summed E-state index contributed by atoms with van der Waals surface area (Å²) in [4.78, 5) is 14.9. The molecule has 0 atom stereocenters. The lowest BCUT2D eigenvalue weighted by molar-refractivity contribution is -0.136. The molecule has 116 valence electrons. The third kappa shape index (κ3) is 3.69. The molecule has 0 aliphatic carbocycles. The Bertz CT molecular complexity index is 620. The van der Waals surface area contributed by atoms with Crippen molar-refractivity contribution >= 4 is 17.5 Å². The molecule has 0 saturated carbocycles. The van der Waals surface area contributed by atoms with E-state index >= 15 is 0 Å². The van der Waals surface area contributed by atoms with Crippen molar-refractivity contribution in [2.24, 2.45) is 0 Å². The van der Waals surface area contributed by atoms with E-state index < -0.39 is 5.41 Å². The van der Waals surface area contributed by atoms with Gasteiger partial charge < -0.3 is 4.90 Å². The molecule has 0 radical (unpaired) electrons. The summed E-state index contributed by atoms with van der Waals surface area (Å²) in [6.07, 6.45) is 0. The van der Waals surface area contributed by atoms with Crippen molar-refractivity contribution in [1.82, 2.24) is 4.90 Å². The van der Waals surface area contributed by atoms with Crippen LogP contribution < -0.4 is 0 Å². The molecule has 0 bridgehead atoms. The van der Waals surface area contributed by atoms with Gasteiger partial charge in [0, 0.05) is 18.1 Å². The van der Waals surface area contributed by atoms with Crippen LogP contribution in [0.4, 0.5) is 0 Å². The van der Waals surface area contributed by atoms with Gasteiger partial charge in [-0.15, -0.1) is 0 Å². The van der Waals surface area contributed by atoms with Crippen molar-refractivity contribution in [2.75, 3.05) is 6.54 Å². The predicted molar refractivity (Wildman–Crippen MR) is 92.0 cm³/mol. The number of halogens is 1. The molecule has 0 aliphatic rings. The van der Waals surface area contributed by atoms with Crippen molar-refractivity contribution in [1.29, 1.82) is 0 Å². The SMILES string of the molecule is CCN(Cc1ccccc1)C(=O)C(C)(C)c1ccc(Cl)cc1. The number of nitrogens with zero attached hydrogens (tertiary/aromatic N) is 1. The highest BCUT2D eigenvalue weighted by Gasteiger charge is 2.33. The number of carbonyl (C=O) groups is 1. The molecule has 0 saturated heterocycles. The first-order chi connectivity index (χ1) is 10.4. The van der Waals surface area contributed by atoms with Gasteiger partial charge in [0.15, 0.2) is 0 Å². The van der Waals surface area contributed by atoms with Crippen LogP contribution in [0.1, 0.15) is 31.9 Å². The molecule has 2 rings (SSSR count). The van der Waals surface area contributed by atoms with Crippen LogP contribution >= 0.6 is 11.6 Å². The zero-order chi connectivity index (χ0) is 16.2. The highest BCUT2D eigenvalue weighted by Crippen LogP contribution is 2.27. The second-order valence-corrected chi connectivity index (χ2v) is 6.37. The molecule has 2 nitrogen and oxygen atoms in total. The van der Waals surface area contributed by atoms with Crippen LogP contribution in [-0.2, 0) is 16.8 Å². The van der Waals surface area contributed by atoms with Crippen LogP contribution in [0.2, 0.25) is 5.02 Å². The van der Waals surface area contributed by atoms with Gasteiger partial charge in [0.25, 0.3) is 0 Å². The Hall–Kier alpha value is -1.80. The first kappa shape index (κ1) is 16.6. The maximum atomic E-state index is 13.0. The Morgan fingerprint density at radius 1 is 1.05 bits per heavy atom. The summed E-state index contributed by atoms with van der Waals surface area (Å²) in [5.41, 5.74) is 1.55. The van der Waals surface area contributed by atoms with Crippen LogP contribution in [0.15, 0.2) is 54.6 Å². The van der Waals surface area contributed by atoms with Crippen LogP contribution in [0.25, 0.3) is 0 Å². The van der Waals surface area contributed by atoms with Crippen molar-refractivity contribution < 1.29 is 4.79 Å². The molecule has 0 N–H and O–H groups in total. The number of benzene rings is 2. The fraction of sp³-hybridized carbons (Fsp3) is 0.316. The first-order valence-corrected chi connectivity index (χ1v) is 7.92. The van der Waals surface area contributed by atoms with Crippen molar-refractivity contribution in [3.8, 4) is 0 Å². The van der Waals surface area contributed by atoms with Gasteiger partial charge in [-0.05, 0) is 44.0 Å². The molecule has 22 heavy (non-hydrogen) atoms.